The molecule has 2 rings (SSSR count). The van der Waals surface area contributed by atoms with Crippen LogP contribution >= 0.6 is 7.60 Å². The van der Waals surface area contributed by atoms with Gasteiger partial charge in [0.25, 0.3) is 0 Å². The molecule has 196 valence electrons. The fraction of sp³-hybridized carbons (Fsp3) is 0.625. The summed E-state index contributed by atoms with van der Waals surface area (Å²) in [5.41, 5.74) is 0.183. The summed E-state index contributed by atoms with van der Waals surface area (Å²) in [5, 5.41) is 2.61. The van der Waals surface area contributed by atoms with Crippen molar-refractivity contribution in [3.63, 3.8) is 0 Å². The lowest BCUT2D eigenvalue weighted by molar-refractivity contribution is -0.119. The molecule has 1 aromatic rings. The number of piperidine rings is 1. The molecule has 0 bridgehead atoms. The minimum atomic E-state index is -3.63. The molecule has 1 fully saturated rings. The molecule has 2 atom stereocenters. The number of hydrogen-bond acceptors (Lipinski definition) is 8. The zero-order valence-corrected chi connectivity index (χ0v) is 22.0. The Balaban J connectivity index is 2.07. The summed E-state index contributed by atoms with van der Waals surface area (Å²) in [6.07, 6.45) is 0.0618. The number of Topliss-reactive ketones (excluding diaryl/α,β-unsaturated/α-hetero) is 1. The Morgan fingerprint density at radius 3 is 2.40 bits per heavy atom. The van der Waals surface area contributed by atoms with Crippen molar-refractivity contribution in [1.29, 1.82) is 0 Å². The first-order valence-corrected chi connectivity index (χ1v) is 13.4. The Hall–Kier alpha value is -2.42. The molecule has 1 aromatic carbocycles. The third-order valence-corrected chi connectivity index (χ3v) is 7.35. The predicted molar refractivity (Wildman–Crippen MR) is 130 cm³/mol. The van der Waals surface area contributed by atoms with Crippen LogP contribution in [0, 0.1) is 5.92 Å². The van der Waals surface area contributed by atoms with Gasteiger partial charge in [-0.15, -0.1) is 0 Å². The van der Waals surface area contributed by atoms with E-state index >= 15 is 0 Å². The maximum absolute atomic E-state index is 13.1. The molecule has 0 saturated carbocycles. The van der Waals surface area contributed by atoms with Crippen LogP contribution in [0.25, 0.3) is 0 Å². The lowest BCUT2D eigenvalue weighted by Crippen LogP contribution is -2.47. The van der Waals surface area contributed by atoms with Crippen LogP contribution < -0.4 is 5.32 Å². The van der Waals surface area contributed by atoms with Gasteiger partial charge >= 0.3 is 19.8 Å². The number of likely N-dealkylation sites (tertiary alicyclic amines) is 1. The largest absolute Gasteiger partial charge is 0.445 e. The molecule has 0 aliphatic carbocycles. The number of nitrogens with one attached hydrogen (secondary N) is 1. The van der Waals surface area contributed by atoms with E-state index in [4.69, 9.17) is 18.5 Å². The zero-order valence-electron chi connectivity index (χ0n) is 21.2. The normalized spacial score (nSPS) is 17.4. The fourth-order valence-electron chi connectivity index (χ4n) is 3.77. The van der Waals surface area contributed by atoms with Crippen LogP contribution in [-0.2, 0) is 34.5 Å². The van der Waals surface area contributed by atoms with Crippen LogP contribution in [0.15, 0.2) is 30.3 Å². The van der Waals surface area contributed by atoms with Crippen LogP contribution in [-0.4, -0.2) is 68.0 Å². The van der Waals surface area contributed by atoms with Crippen molar-refractivity contribution in [2.75, 3.05) is 33.5 Å². The maximum atomic E-state index is 13.1. The van der Waals surface area contributed by atoms with Gasteiger partial charge in [0, 0.05) is 27.3 Å². The molecule has 2 unspecified atom stereocenters. The molecule has 1 heterocycles. The van der Waals surface area contributed by atoms with Crippen molar-refractivity contribution < 1.29 is 37.5 Å². The number of rotatable bonds is 10. The molecular formula is C24H37N2O8P. The zero-order chi connectivity index (χ0) is 26.1. The third-order valence-electron chi connectivity index (χ3n) is 5.54. The molecule has 0 aromatic heterocycles. The van der Waals surface area contributed by atoms with E-state index in [1.54, 1.807) is 25.7 Å². The number of nitrogens with zero attached hydrogens (tertiary/aromatic N) is 1. The molecule has 1 aliphatic rings. The number of ketones is 1. The highest BCUT2D eigenvalue weighted by Gasteiger charge is 2.35. The van der Waals surface area contributed by atoms with Crippen molar-refractivity contribution in [2.24, 2.45) is 5.92 Å². The highest BCUT2D eigenvalue weighted by molar-refractivity contribution is 7.54. The summed E-state index contributed by atoms with van der Waals surface area (Å²) in [4.78, 5) is 39.7. The average molecular weight is 513 g/mol. The van der Waals surface area contributed by atoms with E-state index in [-0.39, 0.29) is 18.9 Å². The van der Waals surface area contributed by atoms with Crippen LogP contribution in [0.5, 0.6) is 0 Å². The summed E-state index contributed by atoms with van der Waals surface area (Å²) in [6.45, 7) is 6.38. The lowest BCUT2D eigenvalue weighted by Gasteiger charge is -2.35. The number of carbonyl (C=O) groups excluding carboxylic acids is 3. The molecule has 0 spiro atoms. The number of alkyl carbamates (subject to hydrolysis) is 1. The van der Waals surface area contributed by atoms with E-state index in [0.717, 1.165) is 18.4 Å². The highest BCUT2D eigenvalue weighted by Crippen LogP contribution is 2.46. The number of benzene rings is 1. The van der Waals surface area contributed by atoms with Crippen molar-refractivity contribution >= 4 is 25.6 Å². The Morgan fingerprint density at radius 2 is 1.80 bits per heavy atom. The molecule has 2 amide bonds. The van der Waals surface area contributed by atoms with Crippen molar-refractivity contribution in [3.05, 3.63) is 35.9 Å². The van der Waals surface area contributed by atoms with E-state index in [2.05, 4.69) is 5.32 Å². The Kier molecular flexibility index (Phi) is 10.7. The molecule has 1 N–H and O–H groups in total. The lowest BCUT2D eigenvalue weighted by atomic mass is 9.90. The van der Waals surface area contributed by atoms with E-state index in [1.165, 1.54) is 14.2 Å². The smallest absolute Gasteiger partial charge is 0.410 e. The van der Waals surface area contributed by atoms with E-state index in [1.807, 2.05) is 30.3 Å². The van der Waals surface area contributed by atoms with Crippen molar-refractivity contribution in [1.82, 2.24) is 10.2 Å². The monoisotopic (exact) mass is 512 g/mol. The van der Waals surface area contributed by atoms with E-state index < -0.39 is 43.4 Å². The Labute approximate surface area is 207 Å². The van der Waals surface area contributed by atoms with Gasteiger partial charge in [0.15, 0.2) is 5.78 Å². The van der Waals surface area contributed by atoms with Gasteiger partial charge < -0.3 is 28.7 Å². The number of carbonyl (C=O) groups is 3. The van der Waals surface area contributed by atoms with Crippen LogP contribution in [0.3, 0.4) is 0 Å². The first-order valence-electron chi connectivity index (χ1n) is 11.6. The number of ether oxygens (including phenoxy) is 2. The van der Waals surface area contributed by atoms with Gasteiger partial charge in [0.1, 0.15) is 18.4 Å². The first-order chi connectivity index (χ1) is 16.4. The maximum Gasteiger partial charge on any atom is 0.410 e. The summed E-state index contributed by atoms with van der Waals surface area (Å²) >= 11 is 0. The Morgan fingerprint density at radius 1 is 1.14 bits per heavy atom. The van der Waals surface area contributed by atoms with Gasteiger partial charge in [-0.25, -0.2) is 9.59 Å². The standard InChI is InChI=1S/C24H37N2O8P/c1-24(2,3)34-23(29)26-13-9-12-19(15-26)14-20(21(27)17-35(30,31-4)32-5)25-22(28)33-16-18-10-7-6-8-11-18/h6-8,10-11,19-20H,9,12-17H2,1-5H3,(H,25,28). The summed E-state index contributed by atoms with van der Waals surface area (Å²) in [5.74, 6) is -0.577. The average Bonchev–Trinajstić information content (AvgIpc) is 2.82. The number of hydrogen-bond donors (Lipinski definition) is 1. The minimum absolute atomic E-state index is 0.0398. The van der Waals surface area contributed by atoms with E-state index in [9.17, 15) is 18.9 Å². The van der Waals surface area contributed by atoms with E-state index in [0.29, 0.717) is 13.1 Å². The molecular weight excluding hydrogens is 475 g/mol. The summed E-state index contributed by atoms with van der Waals surface area (Å²) in [7, 11) is -1.22. The molecule has 35 heavy (non-hydrogen) atoms. The molecule has 11 heteroatoms. The fourth-order valence-corrected chi connectivity index (χ4v) is 4.78. The third kappa shape index (κ3) is 9.99. The quantitative estimate of drug-likeness (QED) is 0.459. The number of amides is 2. The molecule has 10 nitrogen and oxygen atoms in total. The SMILES string of the molecule is COP(=O)(CC(=O)C(CC1CCCN(C(=O)OC(C)(C)C)C1)NC(=O)OCc1ccccc1)OC. The summed E-state index contributed by atoms with van der Waals surface area (Å²) < 4.78 is 33.1. The minimum Gasteiger partial charge on any atom is -0.445 e. The van der Waals surface area contributed by atoms with Crippen molar-refractivity contribution in [2.45, 2.75) is 58.3 Å². The molecule has 1 saturated heterocycles. The summed E-state index contributed by atoms with van der Waals surface area (Å²) in [6, 6.07) is 8.16. The second-order valence-electron chi connectivity index (χ2n) is 9.53. The topological polar surface area (TPSA) is 120 Å². The first kappa shape index (κ1) is 28.8. The van der Waals surface area contributed by atoms with Gasteiger partial charge in [-0.1, -0.05) is 30.3 Å². The van der Waals surface area contributed by atoms with Gasteiger partial charge in [-0.3, -0.25) is 9.36 Å². The van der Waals surface area contributed by atoms with Crippen LogP contribution in [0.1, 0.15) is 45.6 Å². The van der Waals surface area contributed by atoms with Crippen LogP contribution in [0.2, 0.25) is 0 Å². The molecule has 0 radical (unpaired) electrons. The highest BCUT2D eigenvalue weighted by atomic mass is 31.2. The van der Waals surface area contributed by atoms with Crippen LogP contribution in [0.4, 0.5) is 9.59 Å². The van der Waals surface area contributed by atoms with Gasteiger partial charge in [0.2, 0.25) is 0 Å². The van der Waals surface area contributed by atoms with Crippen molar-refractivity contribution in [3.8, 4) is 0 Å². The Bertz CT molecular complexity index is 895. The van der Waals surface area contributed by atoms with Gasteiger partial charge in [-0.2, -0.15) is 0 Å². The second-order valence-corrected chi connectivity index (χ2v) is 11.8. The predicted octanol–water partition coefficient (Wildman–Crippen LogP) is 4.37. The molecule has 1 aliphatic heterocycles. The second kappa shape index (κ2) is 13.0. The van der Waals surface area contributed by atoms with Gasteiger partial charge in [-0.05, 0) is 51.5 Å². The van der Waals surface area contributed by atoms with Gasteiger partial charge in [0.05, 0.1) is 6.04 Å².